The van der Waals surface area contributed by atoms with Crippen LogP contribution >= 0.6 is 11.6 Å². The fraction of sp³-hybridized carbons (Fsp3) is 0. The van der Waals surface area contributed by atoms with Gasteiger partial charge in [-0.1, -0.05) is 11.6 Å². The van der Waals surface area contributed by atoms with E-state index in [1.165, 1.54) is 6.07 Å². The van der Waals surface area contributed by atoms with Crippen molar-refractivity contribution in [2.24, 2.45) is 0 Å². The summed E-state index contributed by atoms with van der Waals surface area (Å²) >= 11 is 5.41. The molecule has 1 N–H and O–H groups in total. The third kappa shape index (κ3) is 3.84. The molecule has 1 rings (SSSR count). The molecule has 0 aromatic heterocycles. The Morgan fingerprint density at radius 2 is 1.92 bits per heavy atom. The average Bonchev–Trinajstić information content (AvgIpc) is 1.92. The maximum absolute atomic E-state index is 10.4. The van der Waals surface area contributed by atoms with E-state index in [9.17, 15) is 13.0 Å². The van der Waals surface area contributed by atoms with Crippen LogP contribution in [0.5, 0.6) is 5.75 Å². The van der Waals surface area contributed by atoms with Crippen LogP contribution in [0.3, 0.4) is 0 Å². The van der Waals surface area contributed by atoms with Gasteiger partial charge in [0.1, 0.15) is 15.9 Å². The average molecular weight is 247 g/mol. The van der Waals surface area contributed by atoms with Crippen LogP contribution in [0.1, 0.15) is 0 Å². The Balaban J connectivity index is 0.00000144. The SMILES string of the molecule is O=S(=O)([O-])c1cc(Cl)ccc1O.[K+]. The van der Waals surface area contributed by atoms with Gasteiger partial charge in [0.15, 0.2) is 0 Å². The number of hydrogen-bond acceptors (Lipinski definition) is 4. The molecule has 0 saturated heterocycles. The van der Waals surface area contributed by atoms with Crippen molar-refractivity contribution in [2.75, 3.05) is 0 Å². The molecular formula is C6H4ClKO4S. The van der Waals surface area contributed by atoms with Crippen molar-refractivity contribution in [3.63, 3.8) is 0 Å². The summed E-state index contributed by atoms with van der Waals surface area (Å²) in [5.41, 5.74) is 0. The molecule has 0 radical (unpaired) electrons. The van der Waals surface area contributed by atoms with Crippen molar-refractivity contribution < 1.29 is 69.5 Å². The number of phenolic OH excluding ortho intramolecular Hbond substituents is 1. The number of hydrogen-bond donors (Lipinski definition) is 1. The first-order valence-corrected chi connectivity index (χ1v) is 4.64. The molecule has 0 spiro atoms. The zero-order valence-corrected chi connectivity index (χ0v) is 11.4. The predicted octanol–water partition coefficient (Wildman–Crippen LogP) is -2.05. The number of aromatic hydroxyl groups is 1. The summed E-state index contributed by atoms with van der Waals surface area (Å²) < 4.78 is 31.3. The minimum absolute atomic E-state index is 0. The van der Waals surface area contributed by atoms with Crippen molar-refractivity contribution in [1.82, 2.24) is 0 Å². The third-order valence-electron chi connectivity index (χ3n) is 1.19. The summed E-state index contributed by atoms with van der Waals surface area (Å²) in [6.45, 7) is 0. The molecule has 1 aromatic carbocycles. The third-order valence-corrected chi connectivity index (χ3v) is 2.29. The van der Waals surface area contributed by atoms with Crippen LogP contribution in [-0.4, -0.2) is 18.1 Å². The van der Waals surface area contributed by atoms with Crippen molar-refractivity contribution in [2.45, 2.75) is 4.90 Å². The molecule has 0 aliphatic rings. The predicted molar refractivity (Wildman–Crippen MR) is 41.1 cm³/mol. The van der Waals surface area contributed by atoms with Crippen LogP contribution in [0.25, 0.3) is 0 Å². The second-order valence-corrected chi connectivity index (χ2v) is 3.85. The Labute approximate surface area is 123 Å². The van der Waals surface area contributed by atoms with Crippen LogP contribution < -0.4 is 51.4 Å². The molecule has 1 aromatic rings. The Hall–Kier alpha value is 0.856. The first kappa shape index (κ1) is 13.9. The topological polar surface area (TPSA) is 77.4 Å². The van der Waals surface area contributed by atoms with E-state index in [4.69, 9.17) is 16.7 Å². The van der Waals surface area contributed by atoms with Crippen LogP contribution in [0.15, 0.2) is 23.1 Å². The monoisotopic (exact) mass is 246 g/mol. The van der Waals surface area contributed by atoms with Crippen molar-refractivity contribution in [3.05, 3.63) is 23.2 Å². The van der Waals surface area contributed by atoms with E-state index in [2.05, 4.69) is 0 Å². The maximum Gasteiger partial charge on any atom is 1.00 e. The van der Waals surface area contributed by atoms with Crippen molar-refractivity contribution >= 4 is 21.7 Å². The molecule has 0 fully saturated rings. The van der Waals surface area contributed by atoms with Gasteiger partial charge >= 0.3 is 51.4 Å². The van der Waals surface area contributed by atoms with E-state index < -0.39 is 20.8 Å². The van der Waals surface area contributed by atoms with Crippen LogP contribution in [0, 0.1) is 0 Å². The molecule has 7 heteroatoms. The van der Waals surface area contributed by atoms with Gasteiger partial charge in [-0.15, -0.1) is 0 Å². The second kappa shape index (κ2) is 5.08. The minimum atomic E-state index is -4.64. The van der Waals surface area contributed by atoms with E-state index in [0.717, 1.165) is 12.1 Å². The zero-order chi connectivity index (χ0) is 9.35. The normalized spacial score (nSPS) is 10.6. The van der Waals surface area contributed by atoms with Crippen molar-refractivity contribution in [1.29, 1.82) is 0 Å². The first-order chi connectivity index (χ1) is 5.41. The van der Waals surface area contributed by atoms with Gasteiger partial charge in [-0.05, 0) is 18.2 Å². The molecular weight excluding hydrogens is 243 g/mol. The standard InChI is InChI=1S/C6H5ClO4S.K/c7-4-1-2-5(8)6(3-4)12(9,10)11;/h1-3,8H,(H,9,10,11);/q;+1/p-1. The minimum Gasteiger partial charge on any atom is -0.744 e. The smallest absolute Gasteiger partial charge is 0.744 e. The Bertz CT molecular complexity index is 403. The number of rotatable bonds is 1. The van der Waals surface area contributed by atoms with E-state index in [1.807, 2.05) is 0 Å². The van der Waals surface area contributed by atoms with E-state index in [0.29, 0.717) is 0 Å². The van der Waals surface area contributed by atoms with Gasteiger partial charge < -0.3 is 9.66 Å². The fourth-order valence-electron chi connectivity index (χ4n) is 0.688. The van der Waals surface area contributed by atoms with Crippen LogP contribution in [0.2, 0.25) is 5.02 Å². The van der Waals surface area contributed by atoms with E-state index in [1.54, 1.807) is 0 Å². The Kier molecular flexibility index (Phi) is 5.42. The molecule has 0 unspecified atom stereocenters. The van der Waals surface area contributed by atoms with E-state index >= 15 is 0 Å². The second-order valence-electron chi connectivity index (χ2n) is 2.07. The molecule has 0 aliphatic carbocycles. The van der Waals surface area contributed by atoms with Gasteiger partial charge in [0.25, 0.3) is 0 Å². The number of halogens is 1. The molecule has 4 nitrogen and oxygen atoms in total. The molecule has 66 valence electrons. The molecule has 0 heterocycles. The summed E-state index contributed by atoms with van der Waals surface area (Å²) in [4.78, 5) is -0.699. The summed E-state index contributed by atoms with van der Waals surface area (Å²) in [7, 11) is -4.64. The van der Waals surface area contributed by atoms with Crippen molar-refractivity contribution in [3.8, 4) is 5.75 Å². The van der Waals surface area contributed by atoms with Crippen LogP contribution in [0.4, 0.5) is 0 Å². The molecule has 0 bridgehead atoms. The molecule has 0 amide bonds. The Morgan fingerprint density at radius 3 is 2.31 bits per heavy atom. The van der Waals surface area contributed by atoms with Gasteiger partial charge in [-0.2, -0.15) is 0 Å². The maximum atomic E-state index is 10.4. The summed E-state index contributed by atoms with van der Waals surface area (Å²) in [6, 6.07) is 3.23. The van der Waals surface area contributed by atoms with E-state index in [-0.39, 0.29) is 56.4 Å². The van der Waals surface area contributed by atoms with Crippen LogP contribution in [-0.2, 0) is 10.1 Å². The van der Waals surface area contributed by atoms with Gasteiger partial charge in [-0.25, -0.2) is 8.42 Å². The molecule has 0 atom stereocenters. The quantitative estimate of drug-likeness (QED) is 0.457. The molecule has 13 heavy (non-hydrogen) atoms. The van der Waals surface area contributed by atoms with Gasteiger partial charge in [-0.3, -0.25) is 0 Å². The zero-order valence-electron chi connectivity index (χ0n) is 6.69. The number of phenols is 1. The van der Waals surface area contributed by atoms with Gasteiger partial charge in [0.05, 0.1) is 4.90 Å². The Morgan fingerprint density at radius 1 is 1.38 bits per heavy atom. The van der Waals surface area contributed by atoms with Gasteiger partial charge in [0, 0.05) is 5.02 Å². The molecule has 0 saturated carbocycles. The summed E-state index contributed by atoms with van der Waals surface area (Å²) in [6.07, 6.45) is 0. The fourth-order valence-corrected chi connectivity index (χ4v) is 1.52. The number of benzene rings is 1. The summed E-state index contributed by atoms with van der Waals surface area (Å²) in [5.74, 6) is -0.589. The van der Waals surface area contributed by atoms with Gasteiger partial charge in [0.2, 0.25) is 0 Å². The molecule has 0 aliphatic heterocycles. The summed E-state index contributed by atoms with van der Waals surface area (Å²) in [5, 5.41) is 9.02. The largest absolute Gasteiger partial charge is 1.00 e. The first-order valence-electron chi connectivity index (χ1n) is 2.85.